The standard InChI is InChI=1S/C24H36N2O6/c1-17(2)23(26-21(28)9-7-5-6-8-10-22(29)32-4)24(30)25-19(16-27)15-18-11-13-20(31-3)14-12-18/h11-14,16-17,19,23H,5-10,15H2,1-4H3,(H,25,30)(H,26,28)/t19?,23-/m0/s1. The van der Waals surface area contributed by atoms with Crippen LogP contribution in [0.3, 0.4) is 0 Å². The van der Waals surface area contributed by atoms with Crippen LogP contribution in [-0.4, -0.2) is 50.4 Å². The molecule has 0 saturated heterocycles. The smallest absolute Gasteiger partial charge is 0.305 e. The molecular weight excluding hydrogens is 412 g/mol. The maximum Gasteiger partial charge on any atom is 0.305 e. The van der Waals surface area contributed by atoms with Crippen LogP contribution < -0.4 is 15.4 Å². The molecule has 0 bridgehead atoms. The Hall–Kier alpha value is -2.90. The van der Waals surface area contributed by atoms with E-state index in [0.29, 0.717) is 37.7 Å². The van der Waals surface area contributed by atoms with Gasteiger partial charge in [0.2, 0.25) is 11.8 Å². The Balaban J connectivity index is 2.48. The van der Waals surface area contributed by atoms with E-state index in [1.807, 2.05) is 26.0 Å². The quantitative estimate of drug-likeness (QED) is 0.242. The van der Waals surface area contributed by atoms with E-state index in [2.05, 4.69) is 15.4 Å². The van der Waals surface area contributed by atoms with Crippen molar-refractivity contribution in [1.29, 1.82) is 0 Å². The molecule has 8 heteroatoms. The summed E-state index contributed by atoms with van der Waals surface area (Å²) in [6, 6.07) is 5.86. The number of amides is 2. The minimum Gasteiger partial charge on any atom is -0.497 e. The molecule has 2 N–H and O–H groups in total. The summed E-state index contributed by atoms with van der Waals surface area (Å²) in [4.78, 5) is 47.6. The Bertz CT molecular complexity index is 733. The van der Waals surface area contributed by atoms with Crippen molar-refractivity contribution in [2.75, 3.05) is 14.2 Å². The van der Waals surface area contributed by atoms with Crippen molar-refractivity contribution in [2.45, 2.75) is 70.9 Å². The highest BCUT2D eigenvalue weighted by Gasteiger charge is 2.26. The van der Waals surface area contributed by atoms with Gasteiger partial charge in [0.05, 0.1) is 20.3 Å². The van der Waals surface area contributed by atoms with E-state index in [1.165, 1.54) is 7.11 Å². The molecule has 0 aliphatic rings. The van der Waals surface area contributed by atoms with Crippen molar-refractivity contribution in [2.24, 2.45) is 5.92 Å². The van der Waals surface area contributed by atoms with E-state index in [-0.39, 0.29) is 23.7 Å². The monoisotopic (exact) mass is 448 g/mol. The topological polar surface area (TPSA) is 111 Å². The van der Waals surface area contributed by atoms with Crippen molar-refractivity contribution < 1.29 is 28.7 Å². The number of benzene rings is 1. The van der Waals surface area contributed by atoms with E-state index >= 15 is 0 Å². The Kier molecular flexibility index (Phi) is 12.7. The summed E-state index contributed by atoms with van der Waals surface area (Å²) in [5, 5.41) is 5.52. The largest absolute Gasteiger partial charge is 0.497 e. The Morgan fingerprint density at radius 2 is 1.56 bits per heavy atom. The molecule has 0 heterocycles. The Morgan fingerprint density at radius 3 is 2.09 bits per heavy atom. The number of methoxy groups -OCH3 is 2. The molecule has 0 saturated carbocycles. The summed E-state index contributed by atoms with van der Waals surface area (Å²) in [7, 11) is 2.94. The summed E-state index contributed by atoms with van der Waals surface area (Å²) in [6.45, 7) is 3.69. The van der Waals surface area contributed by atoms with Crippen molar-refractivity contribution in [3.05, 3.63) is 29.8 Å². The first-order chi connectivity index (χ1) is 15.3. The van der Waals surface area contributed by atoms with Crippen LogP contribution in [0.2, 0.25) is 0 Å². The third-order valence-electron chi connectivity index (χ3n) is 5.13. The van der Waals surface area contributed by atoms with Gasteiger partial charge in [0.15, 0.2) is 0 Å². The highest BCUT2D eigenvalue weighted by molar-refractivity contribution is 5.89. The number of carbonyl (C=O) groups is 4. The lowest BCUT2D eigenvalue weighted by Gasteiger charge is -2.23. The molecule has 2 atom stereocenters. The first-order valence-corrected chi connectivity index (χ1v) is 11.1. The lowest BCUT2D eigenvalue weighted by atomic mass is 10.0. The second-order valence-electron chi connectivity index (χ2n) is 8.08. The summed E-state index contributed by atoms with van der Waals surface area (Å²) in [6.07, 6.45) is 4.80. The van der Waals surface area contributed by atoms with Gasteiger partial charge in [0.1, 0.15) is 18.1 Å². The van der Waals surface area contributed by atoms with Crippen LogP contribution in [-0.2, 0) is 30.3 Å². The minimum absolute atomic E-state index is 0.132. The molecule has 178 valence electrons. The molecule has 8 nitrogen and oxygen atoms in total. The summed E-state index contributed by atoms with van der Waals surface area (Å²) in [5.41, 5.74) is 0.889. The highest BCUT2D eigenvalue weighted by Crippen LogP contribution is 2.13. The van der Waals surface area contributed by atoms with Gasteiger partial charge in [0, 0.05) is 12.8 Å². The van der Waals surface area contributed by atoms with Gasteiger partial charge in [-0.3, -0.25) is 14.4 Å². The van der Waals surface area contributed by atoms with Crippen LogP contribution >= 0.6 is 0 Å². The summed E-state index contributed by atoms with van der Waals surface area (Å²) < 4.78 is 9.72. The SMILES string of the molecule is COC(=O)CCCCCCC(=O)N[C@H](C(=O)NC(C=O)Cc1ccc(OC)cc1)C(C)C. The fraction of sp³-hybridized carbons (Fsp3) is 0.583. The molecule has 1 aromatic rings. The number of rotatable bonds is 15. The average molecular weight is 449 g/mol. The van der Waals surface area contributed by atoms with E-state index in [1.54, 1.807) is 19.2 Å². The number of aldehydes is 1. The van der Waals surface area contributed by atoms with Gasteiger partial charge in [-0.1, -0.05) is 38.8 Å². The van der Waals surface area contributed by atoms with Gasteiger partial charge in [-0.2, -0.15) is 0 Å². The first kappa shape index (κ1) is 27.1. The van der Waals surface area contributed by atoms with Crippen LogP contribution in [0.5, 0.6) is 5.75 Å². The van der Waals surface area contributed by atoms with Gasteiger partial charge in [-0.15, -0.1) is 0 Å². The van der Waals surface area contributed by atoms with Crippen LogP contribution in [0.15, 0.2) is 24.3 Å². The molecular formula is C24H36N2O6. The molecule has 0 aliphatic carbocycles. The first-order valence-electron chi connectivity index (χ1n) is 11.1. The molecule has 2 amide bonds. The number of hydrogen-bond donors (Lipinski definition) is 2. The minimum atomic E-state index is -0.722. The molecule has 1 unspecified atom stereocenters. The Morgan fingerprint density at radius 1 is 0.938 bits per heavy atom. The zero-order chi connectivity index (χ0) is 23.9. The van der Waals surface area contributed by atoms with Crippen molar-refractivity contribution >= 4 is 24.1 Å². The lowest BCUT2D eigenvalue weighted by Crippen LogP contribution is -2.52. The zero-order valence-electron chi connectivity index (χ0n) is 19.5. The highest BCUT2D eigenvalue weighted by atomic mass is 16.5. The molecule has 0 fully saturated rings. The molecule has 0 aliphatic heterocycles. The predicted molar refractivity (Wildman–Crippen MR) is 121 cm³/mol. The third-order valence-corrected chi connectivity index (χ3v) is 5.13. The molecule has 0 aromatic heterocycles. The van der Waals surface area contributed by atoms with Gasteiger partial charge in [-0.25, -0.2) is 0 Å². The van der Waals surface area contributed by atoms with E-state index in [0.717, 1.165) is 24.8 Å². The Labute approximate surface area is 190 Å². The second kappa shape index (κ2) is 15.0. The van der Waals surface area contributed by atoms with E-state index in [9.17, 15) is 19.2 Å². The number of esters is 1. The van der Waals surface area contributed by atoms with Crippen molar-refractivity contribution in [3.63, 3.8) is 0 Å². The van der Waals surface area contributed by atoms with E-state index in [4.69, 9.17) is 4.74 Å². The molecule has 0 radical (unpaired) electrons. The predicted octanol–water partition coefficient (Wildman–Crippen LogP) is 2.58. The molecule has 32 heavy (non-hydrogen) atoms. The number of ether oxygens (including phenoxy) is 2. The van der Waals surface area contributed by atoms with Gasteiger partial charge in [-0.05, 0) is 42.9 Å². The van der Waals surface area contributed by atoms with E-state index < -0.39 is 12.1 Å². The number of unbranched alkanes of at least 4 members (excludes halogenated alkanes) is 3. The summed E-state index contributed by atoms with van der Waals surface area (Å²) >= 11 is 0. The maximum absolute atomic E-state index is 12.7. The molecule has 0 spiro atoms. The number of nitrogens with one attached hydrogen (secondary N) is 2. The van der Waals surface area contributed by atoms with Crippen LogP contribution in [0.1, 0.15) is 57.9 Å². The fourth-order valence-electron chi connectivity index (χ4n) is 3.21. The van der Waals surface area contributed by atoms with Gasteiger partial charge in [0.25, 0.3) is 0 Å². The average Bonchev–Trinajstić information content (AvgIpc) is 2.79. The molecule has 1 aromatic carbocycles. The number of hydrogen-bond acceptors (Lipinski definition) is 6. The van der Waals surface area contributed by atoms with Crippen molar-refractivity contribution in [3.8, 4) is 5.75 Å². The maximum atomic E-state index is 12.7. The van der Waals surface area contributed by atoms with Crippen LogP contribution in [0, 0.1) is 5.92 Å². The normalized spacial score (nSPS) is 12.5. The van der Waals surface area contributed by atoms with Gasteiger partial charge < -0.3 is 24.9 Å². The van der Waals surface area contributed by atoms with Crippen LogP contribution in [0.25, 0.3) is 0 Å². The zero-order valence-corrected chi connectivity index (χ0v) is 19.5. The van der Waals surface area contributed by atoms with Gasteiger partial charge >= 0.3 is 5.97 Å². The number of carbonyl (C=O) groups excluding carboxylic acids is 4. The van der Waals surface area contributed by atoms with Crippen LogP contribution in [0.4, 0.5) is 0 Å². The summed E-state index contributed by atoms with van der Waals surface area (Å²) in [5.74, 6) is -0.227. The second-order valence-corrected chi connectivity index (χ2v) is 8.08. The fourth-order valence-corrected chi connectivity index (χ4v) is 3.21. The lowest BCUT2D eigenvalue weighted by molar-refractivity contribution is -0.140. The third kappa shape index (κ3) is 10.4. The van der Waals surface area contributed by atoms with Crippen molar-refractivity contribution in [1.82, 2.24) is 10.6 Å². The molecule has 1 rings (SSSR count).